The fourth-order valence-corrected chi connectivity index (χ4v) is 1.76. The number of nitrogens with one attached hydrogen (secondary N) is 2. The molecular formula is C17H28N2O6. The summed E-state index contributed by atoms with van der Waals surface area (Å²) in [5, 5.41) is 14.0. The van der Waals surface area contributed by atoms with Gasteiger partial charge >= 0.3 is 18.2 Å². The van der Waals surface area contributed by atoms with Gasteiger partial charge in [-0.05, 0) is 46.5 Å². The molecule has 142 valence electrons. The van der Waals surface area contributed by atoms with Crippen LogP contribution in [0.15, 0.2) is 0 Å². The van der Waals surface area contributed by atoms with E-state index in [4.69, 9.17) is 21.0 Å². The van der Waals surface area contributed by atoms with Crippen molar-refractivity contribution in [2.24, 2.45) is 0 Å². The molecule has 1 atom stereocenters. The highest BCUT2D eigenvalue weighted by Crippen LogP contribution is 2.08. The maximum atomic E-state index is 11.6. The standard InChI is InChI=1S/C17H28N2O6/c1-5-6-9-12-24-15(22)18-11-8-7-10-13(14(20)21)19-16(23)25-17(2,3)4/h1,13H,6-12H2,2-4H3,(H,18,22)(H,19,23)(H,20,21). The van der Waals surface area contributed by atoms with E-state index in [2.05, 4.69) is 16.6 Å². The van der Waals surface area contributed by atoms with Crippen molar-refractivity contribution in [1.29, 1.82) is 0 Å². The first-order chi connectivity index (χ1) is 11.7. The molecule has 2 amide bonds. The van der Waals surface area contributed by atoms with Gasteiger partial charge in [-0.25, -0.2) is 14.4 Å². The summed E-state index contributed by atoms with van der Waals surface area (Å²) in [6.07, 6.45) is 6.23. The minimum absolute atomic E-state index is 0.230. The number of terminal acetylenes is 1. The van der Waals surface area contributed by atoms with Crippen molar-refractivity contribution in [2.45, 2.75) is 64.5 Å². The van der Waals surface area contributed by atoms with Crippen molar-refractivity contribution in [1.82, 2.24) is 10.6 Å². The highest BCUT2D eigenvalue weighted by molar-refractivity contribution is 5.79. The van der Waals surface area contributed by atoms with Crippen molar-refractivity contribution in [3.63, 3.8) is 0 Å². The van der Waals surface area contributed by atoms with Crippen LogP contribution in [0.4, 0.5) is 9.59 Å². The van der Waals surface area contributed by atoms with Crippen LogP contribution in [-0.2, 0) is 14.3 Å². The molecule has 0 saturated carbocycles. The summed E-state index contributed by atoms with van der Waals surface area (Å²) in [6.45, 7) is 5.70. The molecule has 25 heavy (non-hydrogen) atoms. The summed E-state index contributed by atoms with van der Waals surface area (Å²) in [7, 11) is 0. The molecule has 0 bridgehead atoms. The van der Waals surface area contributed by atoms with Crippen LogP contribution in [0.1, 0.15) is 52.9 Å². The predicted molar refractivity (Wildman–Crippen MR) is 92.1 cm³/mol. The van der Waals surface area contributed by atoms with E-state index < -0.39 is 29.8 Å². The molecule has 0 heterocycles. The Morgan fingerprint density at radius 2 is 1.84 bits per heavy atom. The lowest BCUT2D eigenvalue weighted by molar-refractivity contribution is -0.139. The Labute approximate surface area is 148 Å². The van der Waals surface area contributed by atoms with Gasteiger partial charge in [-0.1, -0.05) is 0 Å². The second-order valence-electron chi connectivity index (χ2n) is 6.40. The molecule has 0 spiro atoms. The molecule has 0 radical (unpaired) electrons. The number of aliphatic carboxylic acids is 1. The average molecular weight is 356 g/mol. The summed E-state index contributed by atoms with van der Waals surface area (Å²) in [4.78, 5) is 34.1. The SMILES string of the molecule is C#CCCCOC(=O)NCCCCC(NC(=O)OC(C)(C)C)C(=O)O. The van der Waals surface area contributed by atoms with E-state index in [1.807, 2.05) is 0 Å². The first kappa shape index (κ1) is 22.6. The summed E-state index contributed by atoms with van der Waals surface area (Å²) in [5.41, 5.74) is -0.697. The van der Waals surface area contributed by atoms with Gasteiger partial charge in [0.1, 0.15) is 11.6 Å². The Kier molecular flexibility index (Phi) is 10.8. The summed E-state index contributed by atoms with van der Waals surface area (Å²) >= 11 is 0. The Morgan fingerprint density at radius 3 is 2.40 bits per heavy atom. The van der Waals surface area contributed by atoms with Crippen molar-refractivity contribution in [3.8, 4) is 12.3 Å². The molecule has 0 aromatic carbocycles. The molecule has 8 heteroatoms. The van der Waals surface area contributed by atoms with E-state index in [0.717, 1.165) is 0 Å². The van der Waals surface area contributed by atoms with Crippen LogP contribution in [0.2, 0.25) is 0 Å². The van der Waals surface area contributed by atoms with Gasteiger partial charge in [-0.15, -0.1) is 12.3 Å². The van der Waals surface area contributed by atoms with E-state index in [9.17, 15) is 14.4 Å². The fraction of sp³-hybridized carbons (Fsp3) is 0.706. The van der Waals surface area contributed by atoms with Crippen molar-refractivity contribution >= 4 is 18.2 Å². The third-order valence-corrected chi connectivity index (χ3v) is 2.88. The second kappa shape index (κ2) is 12.0. The lowest BCUT2D eigenvalue weighted by atomic mass is 10.1. The Bertz CT molecular complexity index is 479. The maximum absolute atomic E-state index is 11.6. The molecule has 0 aliphatic heterocycles. The van der Waals surface area contributed by atoms with Gasteiger partial charge in [0, 0.05) is 13.0 Å². The second-order valence-corrected chi connectivity index (χ2v) is 6.40. The first-order valence-corrected chi connectivity index (χ1v) is 8.22. The number of hydrogen-bond donors (Lipinski definition) is 3. The van der Waals surface area contributed by atoms with Gasteiger partial charge in [0.15, 0.2) is 0 Å². The third-order valence-electron chi connectivity index (χ3n) is 2.88. The zero-order chi connectivity index (χ0) is 19.3. The van der Waals surface area contributed by atoms with Crippen LogP contribution in [-0.4, -0.2) is 48.1 Å². The smallest absolute Gasteiger partial charge is 0.408 e. The molecule has 0 aromatic heterocycles. The average Bonchev–Trinajstić information content (AvgIpc) is 2.48. The van der Waals surface area contributed by atoms with E-state index in [0.29, 0.717) is 32.2 Å². The number of amides is 2. The zero-order valence-electron chi connectivity index (χ0n) is 15.1. The van der Waals surface area contributed by atoms with E-state index in [1.165, 1.54) is 0 Å². The number of unbranched alkanes of at least 4 members (excludes halogenated alkanes) is 2. The quantitative estimate of drug-likeness (QED) is 0.409. The minimum atomic E-state index is -1.13. The van der Waals surface area contributed by atoms with Crippen LogP contribution >= 0.6 is 0 Å². The van der Waals surface area contributed by atoms with Gasteiger partial charge in [0.2, 0.25) is 0 Å². The highest BCUT2D eigenvalue weighted by atomic mass is 16.6. The Balaban J connectivity index is 3.94. The number of carboxylic acid groups (broad SMARTS) is 1. The van der Waals surface area contributed by atoms with Gasteiger partial charge in [0.05, 0.1) is 6.61 Å². The maximum Gasteiger partial charge on any atom is 0.408 e. The number of carbonyl (C=O) groups is 3. The van der Waals surface area contributed by atoms with E-state index >= 15 is 0 Å². The molecule has 0 aromatic rings. The largest absolute Gasteiger partial charge is 0.480 e. The van der Waals surface area contributed by atoms with Crippen molar-refractivity contribution in [2.75, 3.05) is 13.2 Å². The van der Waals surface area contributed by atoms with Gasteiger partial charge in [-0.3, -0.25) is 0 Å². The van der Waals surface area contributed by atoms with Gasteiger partial charge < -0.3 is 25.2 Å². The monoisotopic (exact) mass is 356 g/mol. The summed E-state index contributed by atoms with van der Waals surface area (Å²) < 4.78 is 9.93. The predicted octanol–water partition coefficient (Wildman–Crippen LogP) is 2.27. The third kappa shape index (κ3) is 13.7. The molecule has 0 fully saturated rings. The first-order valence-electron chi connectivity index (χ1n) is 8.22. The lowest BCUT2D eigenvalue weighted by Gasteiger charge is -2.22. The summed E-state index contributed by atoms with van der Waals surface area (Å²) in [6, 6.07) is -1.04. The van der Waals surface area contributed by atoms with Crippen molar-refractivity contribution in [3.05, 3.63) is 0 Å². The van der Waals surface area contributed by atoms with Gasteiger partial charge in [-0.2, -0.15) is 0 Å². The molecule has 8 nitrogen and oxygen atoms in total. The number of ether oxygens (including phenoxy) is 2. The molecule has 0 aliphatic rings. The van der Waals surface area contributed by atoms with Crippen LogP contribution in [0.25, 0.3) is 0 Å². The topological polar surface area (TPSA) is 114 Å². The zero-order valence-corrected chi connectivity index (χ0v) is 15.1. The van der Waals surface area contributed by atoms with Crippen molar-refractivity contribution < 1.29 is 29.0 Å². The Morgan fingerprint density at radius 1 is 1.16 bits per heavy atom. The lowest BCUT2D eigenvalue weighted by Crippen LogP contribution is -2.43. The molecule has 0 saturated heterocycles. The molecule has 1 unspecified atom stereocenters. The number of carbonyl (C=O) groups excluding carboxylic acids is 2. The number of alkyl carbamates (subject to hydrolysis) is 2. The van der Waals surface area contributed by atoms with E-state index in [-0.39, 0.29) is 13.0 Å². The number of hydrogen-bond acceptors (Lipinski definition) is 5. The summed E-state index contributed by atoms with van der Waals surface area (Å²) in [5.74, 6) is 1.32. The van der Waals surface area contributed by atoms with Crippen LogP contribution in [0, 0.1) is 12.3 Å². The minimum Gasteiger partial charge on any atom is -0.480 e. The molecule has 0 aliphatic carbocycles. The molecule has 0 rings (SSSR count). The Hall–Kier alpha value is -2.43. The normalized spacial score (nSPS) is 11.8. The van der Waals surface area contributed by atoms with Crippen LogP contribution in [0.3, 0.4) is 0 Å². The number of carboxylic acids is 1. The van der Waals surface area contributed by atoms with Gasteiger partial charge in [0.25, 0.3) is 0 Å². The molecular weight excluding hydrogens is 328 g/mol. The fourth-order valence-electron chi connectivity index (χ4n) is 1.76. The van der Waals surface area contributed by atoms with E-state index in [1.54, 1.807) is 20.8 Å². The molecule has 3 N–H and O–H groups in total. The van der Waals surface area contributed by atoms with Crippen LogP contribution in [0.5, 0.6) is 0 Å². The number of rotatable bonds is 10. The highest BCUT2D eigenvalue weighted by Gasteiger charge is 2.23. The van der Waals surface area contributed by atoms with Crippen LogP contribution < -0.4 is 10.6 Å².